The molecule has 0 amide bonds. The van der Waals surface area contributed by atoms with Crippen LogP contribution >= 0.6 is 0 Å². The number of anilines is 1. The lowest BCUT2D eigenvalue weighted by molar-refractivity contribution is -0.383. The SMILES string of the molecule is COc1ccc(-c2noc(-c3ccc(NC4CCCCC4)c([N+](=O)[O-])c3)n2)cc1. The van der Waals surface area contributed by atoms with Crippen molar-refractivity contribution in [1.82, 2.24) is 10.1 Å². The highest BCUT2D eigenvalue weighted by Crippen LogP contribution is 2.33. The number of aromatic nitrogens is 2. The smallest absolute Gasteiger partial charge is 0.293 e. The molecule has 1 aliphatic rings. The van der Waals surface area contributed by atoms with Crippen LogP contribution in [0.2, 0.25) is 0 Å². The molecule has 150 valence electrons. The molecule has 0 radical (unpaired) electrons. The highest BCUT2D eigenvalue weighted by Gasteiger charge is 2.21. The number of benzene rings is 2. The van der Waals surface area contributed by atoms with Crippen molar-refractivity contribution in [1.29, 1.82) is 0 Å². The van der Waals surface area contributed by atoms with E-state index in [1.54, 1.807) is 19.2 Å². The van der Waals surface area contributed by atoms with E-state index in [4.69, 9.17) is 9.26 Å². The number of nitro benzene ring substituents is 1. The molecule has 1 fully saturated rings. The highest BCUT2D eigenvalue weighted by atomic mass is 16.6. The molecule has 0 spiro atoms. The van der Waals surface area contributed by atoms with Gasteiger partial charge in [-0.1, -0.05) is 24.4 Å². The molecule has 0 saturated heterocycles. The van der Waals surface area contributed by atoms with E-state index in [1.165, 1.54) is 12.5 Å². The summed E-state index contributed by atoms with van der Waals surface area (Å²) in [6, 6.07) is 12.5. The summed E-state index contributed by atoms with van der Waals surface area (Å²) in [5.41, 5.74) is 1.82. The first-order valence-corrected chi connectivity index (χ1v) is 9.67. The molecule has 0 aliphatic heterocycles. The minimum atomic E-state index is -0.380. The van der Waals surface area contributed by atoms with Gasteiger partial charge in [0, 0.05) is 23.2 Å². The molecule has 1 heterocycles. The predicted octanol–water partition coefficient (Wildman–Crippen LogP) is 5.07. The Balaban J connectivity index is 1.59. The van der Waals surface area contributed by atoms with Gasteiger partial charge >= 0.3 is 0 Å². The highest BCUT2D eigenvalue weighted by molar-refractivity contribution is 5.71. The Morgan fingerprint density at radius 1 is 1.10 bits per heavy atom. The first kappa shape index (κ1) is 18.9. The molecule has 2 aromatic carbocycles. The van der Waals surface area contributed by atoms with Crippen LogP contribution in [0.4, 0.5) is 11.4 Å². The van der Waals surface area contributed by atoms with E-state index >= 15 is 0 Å². The summed E-state index contributed by atoms with van der Waals surface area (Å²) in [6.07, 6.45) is 5.60. The predicted molar refractivity (Wildman–Crippen MR) is 109 cm³/mol. The van der Waals surface area contributed by atoms with Crippen molar-refractivity contribution < 1.29 is 14.2 Å². The van der Waals surface area contributed by atoms with Crippen molar-refractivity contribution in [2.75, 3.05) is 12.4 Å². The fourth-order valence-electron chi connectivity index (χ4n) is 3.60. The number of rotatable bonds is 6. The number of hydrogen-bond acceptors (Lipinski definition) is 7. The molecule has 8 nitrogen and oxygen atoms in total. The van der Waals surface area contributed by atoms with Crippen molar-refractivity contribution in [3.8, 4) is 28.6 Å². The minimum Gasteiger partial charge on any atom is -0.497 e. The summed E-state index contributed by atoms with van der Waals surface area (Å²) in [6.45, 7) is 0. The zero-order chi connectivity index (χ0) is 20.2. The van der Waals surface area contributed by atoms with Crippen LogP contribution in [0.1, 0.15) is 32.1 Å². The molecule has 1 aromatic heterocycles. The molecule has 4 rings (SSSR count). The van der Waals surface area contributed by atoms with E-state index < -0.39 is 0 Å². The number of ether oxygens (including phenoxy) is 1. The summed E-state index contributed by atoms with van der Waals surface area (Å²) in [7, 11) is 1.60. The zero-order valence-corrected chi connectivity index (χ0v) is 16.1. The van der Waals surface area contributed by atoms with E-state index in [0.29, 0.717) is 17.1 Å². The Bertz CT molecular complexity index is 994. The van der Waals surface area contributed by atoms with Gasteiger partial charge in [0.25, 0.3) is 11.6 Å². The second kappa shape index (κ2) is 8.30. The maximum Gasteiger partial charge on any atom is 0.293 e. The van der Waals surface area contributed by atoms with Crippen LogP contribution in [0.5, 0.6) is 5.75 Å². The fourth-order valence-corrected chi connectivity index (χ4v) is 3.60. The third-order valence-electron chi connectivity index (χ3n) is 5.18. The molecular formula is C21H22N4O4. The van der Waals surface area contributed by atoms with Gasteiger partial charge in [0.2, 0.25) is 5.82 Å². The lowest BCUT2D eigenvalue weighted by Crippen LogP contribution is -2.22. The van der Waals surface area contributed by atoms with Crippen molar-refractivity contribution in [2.45, 2.75) is 38.1 Å². The van der Waals surface area contributed by atoms with Crippen LogP contribution in [-0.2, 0) is 0 Å². The summed E-state index contributed by atoms with van der Waals surface area (Å²) in [5.74, 6) is 1.38. The van der Waals surface area contributed by atoms with Gasteiger partial charge in [-0.15, -0.1) is 0 Å². The Morgan fingerprint density at radius 3 is 2.52 bits per heavy atom. The first-order valence-electron chi connectivity index (χ1n) is 9.67. The molecule has 1 aliphatic carbocycles. The molecular weight excluding hydrogens is 372 g/mol. The van der Waals surface area contributed by atoms with Crippen molar-refractivity contribution in [3.05, 3.63) is 52.6 Å². The normalized spacial score (nSPS) is 14.5. The summed E-state index contributed by atoms with van der Waals surface area (Å²) in [4.78, 5) is 15.6. The molecule has 1 N–H and O–H groups in total. The van der Waals surface area contributed by atoms with Crippen LogP contribution in [0.25, 0.3) is 22.8 Å². The Kier molecular flexibility index (Phi) is 5.41. The Morgan fingerprint density at radius 2 is 1.83 bits per heavy atom. The number of methoxy groups -OCH3 is 1. The Labute approximate surface area is 168 Å². The van der Waals surface area contributed by atoms with Gasteiger partial charge in [-0.05, 0) is 49.2 Å². The van der Waals surface area contributed by atoms with Gasteiger partial charge in [-0.25, -0.2) is 0 Å². The average Bonchev–Trinajstić information content (AvgIpc) is 3.25. The molecule has 8 heteroatoms. The molecule has 0 unspecified atom stereocenters. The van der Waals surface area contributed by atoms with E-state index in [2.05, 4.69) is 15.5 Å². The van der Waals surface area contributed by atoms with E-state index in [9.17, 15) is 10.1 Å². The van der Waals surface area contributed by atoms with Crippen LogP contribution in [0.15, 0.2) is 47.0 Å². The Hall–Kier alpha value is -3.42. The van der Waals surface area contributed by atoms with Crippen molar-refractivity contribution in [2.24, 2.45) is 0 Å². The number of hydrogen-bond donors (Lipinski definition) is 1. The third-order valence-corrected chi connectivity index (χ3v) is 5.18. The fraction of sp³-hybridized carbons (Fsp3) is 0.333. The average molecular weight is 394 g/mol. The van der Waals surface area contributed by atoms with E-state index in [0.717, 1.165) is 37.0 Å². The third kappa shape index (κ3) is 4.21. The minimum absolute atomic E-state index is 0.0114. The number of nitrogens with zero attached hydrogens (tertiary/aromatic N) is 3. The second-order valence-electron chi connectivity index (χ2n) is 7.12. The molecule has 0 bridgehead atoms. The number of nitro groups is 1. The van der Waals surface area contributed by atoms with Gasteiger partial charge in [-0.3, -0.25) is 10.1 Å². The van der Waals surface area contributed by atoms with E-state index in [1.807, 2.05) is 24.3 Å². The molecule has 3 aromatic rings. The van der Waals surface area contributed by atoms with Crippen LogP contribution < -0.4 is 10.1 Å². The monoisotopic (exact) mass is 394 g/mol. The lowest BCUT2D eigenvalue weighted by atomic mass is 9.95. The van der Waals surface area contributed by atoms with Crippen molar-refractivity contribution >= 4 is 11.4 Å². The van der Waals surface area contributed by atoms with Crippen LogP contribution in [0, 0.1) is 10.1 Å². The summed E-state index contributed by atoms with van der Waals surface area (Å²) < 4.78 is 10.5. The molecule has 0 atom stereocenters. The summed E-state index contributed by atoms with van der Waals surface area (Å²) in [5, 5.41) is 18.9. The second-order valence-corrected chi connectivity index (χ2v) is 7.12. The maximum atomic E-state index is 11.6. The maximum absolute atomic E-state index is 11.6. The first-order chi connectivity index (χ1) is 14.1. The quantitative estimate of drug-likeness (QED) is 0.460. The van der Waals surface area contributed by atoms with Crippen LogP contribution in [0.3, 0.4) is 0 Å². The molecule has 1 saturated carbocycles. The van der Waals surface area contributed by atoms with Gasteiger partial charge in [-0.2, -0.15) is 4.98 Å². The van der Waals surface area contributed by atoms with Gasteiger partial charge < -0.3 is 14.6 Å². The van der Waals surface area contributed by atoms with Gasteiger partial charge in [0.05, 0.1) is 12.0 Å². The zero-order valence-electron chi connectivity index (χ0n) is 16.1. The topological polar surface area (TPSA) is 103 Å². The molecule has 29 heavy (non-hydrogen) atoms. The lowest BCUT2D eigenvalue weighted by Gasteiger charge is -2.23. The standard InChI is InChI=1S/C21H22N4O4/c1-28-17-10-7-14(8-11-17)20-23-21(29-24-20)15-9-12-18(19(13-15)25(26)27)22-16-5-3-2-4-6-16/h7-13,16,22H,2-6H2,1H3. The van der Waals surface area contributed by atoms with Crippen molar-refractivity contribution in [3.63, 3.8) is 0 Å². The van der Waals surface area contributed by atoms with Gasteiger partial charge in [0.15, 0.2) is 0 Å². The largest absolute Gasteiger partial charge is 0.497 e. The number of nitrogens with one attached hydrogen (secondary N) is 1. The van der Waals surface area contributed by atoms with E-state index in [-0.39, 0.29) is 22.5 Å². The van der Waals surface area contributed by atoms with Crippen LogP contribution in [-0.4, -0.2) is 28.2 Å². The van der Waals surface area contributed by atoms with Gasteiger partial charge in [0.1, 0.15) is 11.4 Å². The summed E-state index contributed by atoms with van der Waals surface area (Å²) >= 11 is 0.